The van der Waals surface area contributed by atoms with Crippen molar-refractivity contribution >= 4 is 17.6 Å². The van der Waals surface area contributed by atoms with Gasteiger partial charge in [-0.1, -0.05) is 12.2 Å². The number of hydrogen-bond donors (Lipinski definition) is 1. The molecule has 7 heteroatoms. The summed E-state index contributed by atoms with van der Waals surface area (Å²) < 4.78 is 16.7. The Kier molecular flexibility index (Phi) is 10.7. The van der Waals surface area contributed by atoms with Gasteiger partial charge in [0.05, 0.1) is 25.9 Å². The standard InChI is InChI=1S/C27H40ClNO5/c1-19-15-22(16-20(2)21(19)3)34-18-24-23(25(28)17-26(24)30)7-5-4-6-8-27(31)33-14-11-29-9-12-32-13-10-29/h4-5,15-16,23-26,30H,6-14,17-18H2,1-3H3/b5-4-/t23-,24-,25-,26-/m1/s1. The maximum absolute atomic E-state index is 12.0. The molecule has 0 amide bonds. The van der Waals surface area contributed by atoms with Gasteiger partial charge < -0.3 is 19.3 Å². The summed E-state index contributed by atoms with van der Waals surface area (Å²) in [6.45, 7) is 11.2. The van der Waals surface area contributed by atoms with Crippen LogP contribution >= 0.6 is 11.6 Å². The van der Waals surface area contributed by atoms with Crippen molar-refractivity contribution in [3.8, 4) is 5.75 Å². The summed E-state index contributed by atoms with van der Waals surface area (Å²) >= 11 is 6.57. The van der Waals surface area contributed by atoms with Gasteiger partial charge in [0, 0.05) is 37.4 Å². The first-order chi connectivity index (χ1) is 16.3. The molecule has 1 saturated heterocycles. The Balaban J connectivity index is 1.38. The molecular weight excluding hydrogens is 454 g/mol. The third-order valence-corrected chi connectivity index (χ3v) is 7.68. The van der Waals surface area contributed by atoms with Crippen LogP contribution < -0.4 is 4.74 Å². The molecule has 0 bridgehead atoms. The van der Waals surface area contributed by atoms with Crippen LogP contribution in [-0.2, 0) is 14.3 Å². The summed E-state index contributed by atoms with van der Waals surface area (Å²) in [5.74, 6) is 0.798. The molecule has 4 atom stereocenters. The van der Waals surface area contributed by atoms with E-state index >= 15 is 0 Å². The van der Waals surface area contributed by atoms with E-state index in [0.717, 1.165) is 45.0 Å². The van der Waals surface area contributed by atoms with Crippen LogP contribution in [0.2, 0.25) is 0 Å². The van der Waals surface area contributed by atoms with E-state index in [2.05, 4.69) is 43.9 Å². The quantitative estimate of drug-likeness (QED) is 0.283. The number of esters is 1. The molecule has 0 unspecified atom stereocenters. The van der Waals surface area contributed by atoms with Gasteiger partial charge >= 0.3 is 5.97 Å². The van der Waals surface area contributed by atoms with Crippen molar-refractivity contribution in [2.24, 2.45) is 11.8 Å². The number of alkyl halides is 1. The van der Waals surface area contributed by atoms with Crippen molar-refractivity contribution in [1.82, 2.24) is 4.90 Å². The van der Waals surface area contributed by atoms with Crippen LogP contribution in [0.1, 0.15) is 42.4 Å². The number of aryl methyl sites for hydroxylation is 2. The fraction of sp³-hybridized carbons (Fsp3) is 0.667. The molecule has 2 aliphatic rings. The first-order valence-corrected chi connectivity index (χ1v) is 12.9. The highest BCUT2D eigenvalue weighted by Gasteiger charge is 2.41. The lowest BCUT2D eigenvalue weighted by Gasteiger charge is -2.26. The first kappa shape index (κ1) is 27.0. The zero-order valence-corrected chi connectivity index (χ0v) is 21.6. The SMILES string of the molecule is Cc1cc(OC[C@@H]2[C@@H](C/C=C\CCC(=O)OCCN3CCOCC3)[C@H](Cl)C[C@H]2O)cc(C)c1C. The predicted molar refractivity (Wildman–Crippen MR) is 135 cm³/mol. The van der Waals surface area contributed by atoms with Gasteiger partial charge in [-0.25, -0.2) is 0 Å². The van der Waals surface area contributed by atoms with Crippen molar-refractivity contribution in [2.45, 2.75) is 57.9 Å². The lowest BCUT2D eigenvalue weighted by atomic mass is 9.92. The molecule has 1 heterocycles. The van der Waals surface area contributed by atoms with Crippen molar-refractivity contribution < 1.29 is 24.1 Å². The Labute approximate surface area is 209 Å². The number of carbonyl (C=O) groups is 1. The summed E-state index contributed by atoms with van der Waals surface area (Å²) in [5, 5.41) is 10.5. The number of nitrogens with zero attached hydrogens (tertiary/aromatic N) is 1. The normalized spacial score (nSPS) is 25.7. The lowest BCUT2D eigenvalue weighted by Crippen LogP contribution is -2.38. The molecule has 1 aliphatic heterocycles. The highest BCUT2D eigenvalue weighted by atomic mass is 35.5. The fourth-order valence-corrected chi connectivity index (χ4v) is 5.19. The molecule has 0 radical (unpaired) electrons. The molecule has 0 spiro atoms. The molecule has 1 aromatic carbocycles. The highest BCUT2D eigenvalue weighted by Crippen LogP contribution is 2.39. The molecule has 1 N–H and O–H groups in total. The third-order valence-electron chi connectivity index (χ3n) is 7.18. The summed E-state index contributed by atoms with van der Waals surface area (Å²) in [7, 11) is 0. The van der Waals surface area contributed by atoms with Crippen molar-refractivity contribution in [1.29, 1.82) is 0 Å². The average molecular weight is 494 g/mol. The fourth-order valence-electron chi connectivity index (χ4n) is 4.72. The van der Waals surface area contributed by atoms with Crippen LogP contribution in [0.4, 0.5) is 0 Å². The van der Waals surface area contributed by atoms with E-state index in [1.807, 2.05) is 6.08 Å². The number of carbonyl (C=O) groups excluding carboxylic acids is 1. The Morgan fingerprint density at radius 3 is 2.59 bits per heavy atom. The first-order valence-electron chi connectivity index (χ1n) is 12.5. The summed E-state index contributed by atoms with van der Waals surface area (Å²) in [6, 6.07) is 4.10. The Morgan fingerprint density at radius 2 is 1.88 bits per heavy atom. The topological polar surface area (TPSA) is 68.2 Å². The van der Waals surface area contributed by atoms with E-state index in [0.29, 0.717) is 32.5 Å². The minimum Gasteiger partial charge on any atom is -0.493 e. The zero-order chi connectivity index (χ0) is 24.5. The highest BCUT2D eigenvalue weighted by molar-refractivity contribution is 6.21. The van der Waals surface area contributed by atoms with E-state index in [-0.39, 0.29) is 23.2 Å². The van der Waals surface area contributed by atoms with Crippen molar-refractivity contribution in [3.05, 3.63) is 41.0 Å². The van der Waals surface area contributed by atoms with Crippen LogP contribution in [0.15, 0.2) is 24.3 Å². The molecular formula is C27H40ClNO5. The predicted octanol–water partition coefficient (Wildman–Crippen LogP) is 4.20. The number of benzene rings is 1. The Hall–Kier alpha value is -1.60. The van der Waals surface area contributed by atoms with Gasteiger partial charge in [0.2, 0.25) is 0 Å². The number of allylic oxidation sites excluding steroid dienone is 2. The third kappa shape index (κ3) is 7.98. The molecule has 34 heavy (non-hydrogen) atoms. The number of ether oxygens (including phenoxy) is 3. The summed E-state index contributed by atoms with van der Waals surface area (Å²) in [4.78, 5) is 14.2. The number of aliphatic hydroxyl groups is 1. The average Bonchev–Trinajstić information content (AvgIpc) is 3.08. The summed E-state index contributed by atoms with van der Waals surface area (Å²) in [6.07, 6.45) is 5.98. The van der Waals surface area contributed by atoms with E-state index in [9.17, 15) is 9.90 Å². The second kappa shape index (κ2) is 13.5. The van der Waals surface area contributed by atoms with Crippen LogP contribution in [0.5, 0.6) is 5.75 Å². The van der Waals surface area contributed by atoms with Crippen LogP contribution in [0.25, 0.3) is 0 Å². The molecule has 6 nitrogen and oxygen atoms in total. The maximum atomic E-state index is 12.0. The minimum absolute atomic E-state index is 0.0146. The molecule has 1 saturated carbocycles. The second-order valence-electron chi connectivity index (χ2n) is 9.56. The Morgan fingerprint density at radius 1 is 1.18 bits per heavy atom. The van der Waals surface area contributed by atoms with Gasteiger partial charge in [0.1, 0.15) is 12.4 Å². The van der Waals surface area contributed by atoms with Crippen LogP contribution in [-0.4, -0.2) is 73.5 Å². The van der Waals surface area contributed by atoms with Crippen LogP contribution in [0.3, 0.4) is 0 Å². The molecule has 1 aliphatic carbocycles. The molecule has 2 fully saturated rings. The van der Waals surface area contributed by atoms with Gasteiger partial charge in [-0.05, 0) is 74.8 Å². The minimum atomic E-state index is -0.463. The molecule has 190 valence electrons. The maximum Gasteiger partial charge on any atom is 0.306 e. The zero-order valence-electron chi connectivity index (χ0n) is 20.8. The van der Waals surface area contributed by atoms with E-state index in [1.165, 1.54) is 16.7 Å². The van der Waals surface area contributed by atoms with Gasteiger partial charge in [0.15, 0.2) is 0 Å². The number of hydrogen-bond acceptors (Lipinski definition) is 6. The van der Waals surface area contributed by atoms with Gasteiger partial charge in [-0.15, -0.1) is 11.6 Å². The smallest absolute Gasteiger partial charge is 0.306 e. The van der Waals surface area contributed by atoms with Gasteiger partial charge in [0.25, 0.3) is 0 Å². The van der Waals surface area contributed by atoms with E-state index in [4.69, 9.17) is 25.8 Å². The molecule has 1 aromatic rings. The second-order valence-corrected chi connectivity index (χ2v) is 10.1. The lowest BCUT2D eigenvalue weighted by molar-refractivity contribution is -0.144. The van der Waals surface area contributed by atoms with E-state index < -0.39 is 6.10 Å². The Bertz CT molecular complexity index is 800. The summed E-state index contributed by atoms with van der Waals surface area (Å²) in [5.41, 5.74) is 3.69. The largest absolute Gasteiger partial charge is 0.493 e. The number of aliphatic hydroxyl groups excluding tert-OH is 1. The number of rotatable bonds is 11. The van der Waals surface area contributed by atoms with Gasteiger partial charge in [-0.3, -0.25) is 9.69 Å². The monoisotopic (exact) mass is 493 g/mol. The van der Waals surface area contributed by atoms with E-state index in [1.54, 1.807) is 0 Å². The number of morpholine rings is 1. The van der Waals surface area contributed by atoms with Gasteiger partial charge in [-0.2, -0.15) is 0 Å². The van der Waals surface area contributed by atoms with Crippen molar-refractivity contribution in [2.75, 3.05) is 46.1 Å². The van der Waals surface area contributed by atoms with Crippen molar-refractivity contribution in [3.63, 3.8) is 0 Å². The number of halogens is 1. The van der Waals surface area contributed by atoms with Crippen LogP contribution in [0, 0.1) is 32.6 Å². The molecule has 3 rings (SSSR count). The molecule has 0 aromatic heterocycles.